The van der Waals surface area contributed by atoms with E-state index in [0.29, 0.717) is 0 Å². The van der Waals surface area contributed by atoms with Gasteiger partial charge in [-0.15, -0.1) is 0 Å². The third kappa shape index (κ3) is 3.33. The Kier molecular flexibility index (Phi) is 4.23. The molecule has 3 nitrogen and oxygen atoms in total. The molecule has 0 saturated carbocycles. The van der Waals surface area contributed by atoms with Gasteiger partial charge < -0.3 is 4.42 Å². The molecule has 90 valence electrons. The molecular formula is C12H13BrN2OS. The number of nitrogens with zero attached hydrogens (tertiary/aromatic N) is 2. The van der Waals surface area contributed by atoms with Crippen molar-refractivity contribution in [2.24, 2.45) is 0 Å². The van der Waals surface area contributed by atoms with E-state index in [1.165, 1.54) is 0 Å². The van der Waals surface area contributed by atoms with Crippen molar-refractivity contribution in [3.05, 3.63) is 34.6 Å². The molecule has 0 atom stereocenters. The van der Waals surface area contributed by atoms with Crippen molar-refractivity contribution < 1.29 is 4.42 Å². The van der Waals surface area contributed by atoms with Gasteiger partial charge in [-0.3, -0.25) is 0 Å². The highest BCUT2D eigenvalue weighted by Gasteiger charge is 2.07. The Hall–Kier alpha value is -0.810. The lowest BCUT2D eigenvalue weighted by atomic mass is 10.3. The number of furan rings is 1. The van der Waals surface area contributed by atoms with Crippen LogP contribution in [-0.2, 0) is 6.42 Å². The van der Waals surface area contributed by atoms with E-state index in [9.17, 15) is 0 Å². The van der Waals surface area contributed by atoms with Crippen molar-refractivity contribution in [2.75, 3.05) is 0 Å². The second-order valence-corrected chi connectivity index (χ2v) is 5.51. The minimum absolute atomic E-state index is 0.833. The first kappa shape index (κ1) is 12.6. The molecule has 5 heteroatoms. The first-order valence-corrected chi connectivity index (χ1v) is 7.05. The number of hydrogen-bond acceptors (Lipinski definition) is 4. The molecule has 2 aromatic heterocycles. The van der Waals surface area contributed by atoms with E-state index in [1.807, 2.05) is 19.1 Å². The van der Waals surface area contributed by atoms with E-state index in [-0.39, 0.29) is 0 Å². The molecule has 0 radical (unpaired) electrons. The summed E-state index contributed by atoms with van der Waals surface area (Å²) in [4.78, 5) is 9.96. The lowest BCUT2D eigenvalue weighted by Crippen LogP contribution is -1.96. The summed E-state index contributed by atoms with van der Waals surface area (Å²) in [6.45, 7) is 4.07. The number of aromatic nitrogens is 2. The van der Waals surface area contributed by atoms with Crippen LogP contribution in [0.25, 0.3) is 0 Å². The number of halogens is 1. The summed E-state index contributed by atoms with van der Waals surface area (Å²) in [5.41, 5.74) is 0. The molecule has 2 aromatic rings. The van der Waals surface area contributed by atoms with Gasteiger partial charge in [0.15, 0.2) is 0 Å². The fourth-order valence-corrected chi connectivity index (χ4v) is 2.86. The molecule has 0 amide bonds. The number of rotatable bonds is 4. The van der Waals surface area contributed by atoms with Gasteiger partial charge in [-0.1, -0.05) is 18.7 Å². The third-order valence-electron chi connectivity index (χ3n) is 2.22. The van der Waals surface area contributed by atoms with Gasteiger partial charge >= 0.3 is 0 Å². The molecule has 0 spiro atoms. The molecule has 17 heavy (non-hydrogen) atoms. The summed E-state index contributed by atoms with van der Waals surface area (Å²) in [5, 5.41) is 0.944. The van der Waals surface area contributed by atoms with Crippen LogP contribution >= 0.6 is 27.7 Å². The van der Waals surface area contributed by atoms with Crippen molar-refractivity contribution in [1.29, 1.82) is 0 Å². The van der Waals surface area contributed by atoms with E-state index >= 15 is 0 Å². The molecule has 0 aliphatic carbocycles. The van der Waals surface area contributed by atoms with Crippen molar-refractivity contribution in [1.82, 2.24) is 9.97 Å². The number of aryl methyl sites for hydroxylation is 2. The van der Waals surface area contributed by atoms with Gasteiger partial charge in [-0.25, -0.2) is 9.97 Å². The molecular weight excluding hydrogens is 300 g/mol. The Morgan fingerprint density at radius 1 is 1.41 bits per heavy atom. The van der Waals surface area contributed by atoms with Crippen LogP contribution in [-0.4, -0.2) is 9.97 Å². The SMILES string of the molecule is CCCc1nc(Br)cc(Sc2ccoc2C)n1. The monoisotopic (exact) mass is 312 g/mol. The van der Waals surface area contributed by atoms with E-state index in [4.69, 9.17) is 4.42 Å². The summed E-state index contributed by atoms with van der Waals surface area (Å²) in [6, 6.07) is 3.88. The van der Waals surface area contributed by atoms with Gasteiger partial charge in [-0.2, -0.15) is 0 Å². The zero-order valence-electron chi connectivity index (χ0n) is 9.74. The van der Waals surface area contributed by atoms with Crippen LogP contribution in [0.15, 0.2) is 37.3 Å². The van der Waals surface area contributed by atoms with Crippen molar-refractivity contribution in [3.63, 3.8) is 0 Å². The first-order valence-electron chi connectivity index (χ1n) is 5.44. The van der Waals surface area contributed by atoms with Crippen molar-refractivity contribution >= 4 is 27.7 Å². The molecule has 0 fully saturated rings. The maximum Gasteiger partial charge on any atom is 0.130 e. The van der Waals surface area contributed by atoms with Gasteiger partial charge in [0.05, 0.1) is 11.2 Å². The summed E-state index contributed by atoms with van der Waals surface area (Å²) in [6.07, 6.45) is 3.64. The second kappa shape index (κ2) is 5.69. The molecule has 0 aromatic carbocycles. The topological polar surface area (TPSA) is 38.9 Å². The maximum absolute atomic E-state index is 5.27. The Morgan fingerprint density at radius 2 is 2.24 bits per heavy atom. The Morgan fingerprint density at radius 3 is 2.88 bits per heavy atom. The predicted octanol–water partition coefficient (Wildman–Crippen LogP) is 4.24. The van der Waals surface area contributed by atoms with E-state index < -0.39 is 0 Å². The van der Waals surface area contributed by atoms with Crippen LogP contribution in [0.5, 0.6) is 0 Å². The molecule has 0 N–H and O–H groups in total. The van der Waals surface area contributed by atoms with Gasteiger partial charge in [0.25, 0.3) is 0 Å². The highest BCUT2D eigenvalue weighted by molar-refractivity contribution is 9.10. The maximum atomic E-state index is 5.27. The summed E-state index contributed by atoms with van der Waals surface area (Å²) in [7, 11) is 0. The fourth-order valence-electron chi connectivity index (χ4n) is 1.42. The van der Waals surface area contributed by atoms with E-state index in [2.05, 4.69) is 32.8 Å². The fraction of sp³-hybridized carbons (Fsp3) is 0.333. The molecule has 0 unspecified atom stereocenters. The molecule has 0 aliphatic rings. The van der Waals surface area contributed by atoms with Gasteiger partial charge in [-0.05, 0) is 35.3 Å². The van der Waals surface area contributed by atoms with Crippen LogP contribution in [0.4, 0.5) is 0 Å². The average molecular weight is 313 g/mol. The van der Waals surface area contributed by atoms with E-state index in [1.54, 1.807) is 18.0 Å². The molecule has 2 heterocycles. The lowest BCUT2D eigenvalue weighted by Gasteiger charge is -2.03. The largest absolute Gasteiger partial charge is 0.468 e. The predicted molar refractivity (Wildman–Crippen MR) is 71.3 cm³/mol. The minimum Gasteiger partial charge on any atom is -0.468 e. The number of hydrogen-bond donors (Lipinski definition) is 0. The Bertz CT molecular complexity index is 513. The summed E-state index contributed by atoms with van der Waals surface area (Å²) in [5.74, 6) is 1.80. The Labute approximate surface area is 113 Å². The first-order chi connectivity index (χ1) is 8.19. The quantitative estimate of drug-likeness (QED) is 0.791. The molecule has 0 saturated heterocycles. The van der Waals surface area contributed by atoms with Crippen LogP contribution in [0.1, 0.15) is 24.9 Å². The highest BCUT2D eigenvalue weighted by atomic mass is 79.9. The van der Waals surface area contributed by atoms with Gasteiger partial charge in [0, 0.05) is 12.5 Å². The van der Waals surface area contributed by atoms with Crippen molar-refractivity contribution in [3.8, 4) is 0 Å². The summed E-state index contributed by atoms with van der Waals surface area (Å²) < 4.78 is 6.10. The van der Waals surface area contributed by atoms with Crippen LogP contribution in [0.2, 0.25) is 0 Å². The summed E-state index contributed by atoms with van der Waals surface area (Å²) >= 11 is 5.02. The zero-order chi connectivity index (χ0) is 12.3. The molecule has 0 bridgehead atoms. The lowest BCUT2D eigenvalue weighted by molar-refractivity contribution is 0.527. The van der Waals surface area contributed by atoms with Crippen LogP contribution in [0.3, 0.4) is 0 Å². The van der Waals surface area contributed by atoms with Crippen LogP contribution in [0, 0.1) is 6.92 Å². The van der Waals surface area contributed by atoms with E-state index in [0.717, 1.165) is 39.0 Å². The van der Waals surface area contributed by atoms with Crippen LogP contribution < -0.4 is 0 Å². The highest BCUT2D eigenvalue weighted by Crippen LogP contribution is 2.30. The molecule has 2 rings (SSSR count). The third-order valence-corrected chi connectivity index (χ3v) is 3.69. The average Bonchev–Trinajstić information content (AvgIpc) is 2.64. The molecule has 0 aliphatic heterocycles. The standard InChI is InChI=1S/C12H13BrN2OS/c1-3-4-11-14-10(13)7-12(15-11)17-9-5-6-16-8(9)2/h5-7H,3-4H2,1-2H3. The normalized spacial score (nSPS) is 10.8. The van der Waals surface area contributed by atoms with Crippen molar-refractivity contribution in [2.45, 2.75) is 36.6 Å². The zero-order valence-corrected chi connectivity index (χ0v) is 12.1. The minimum atomic E-state index is 0.833. The Balaban J connectivity index is 2.23. The van der Waals surface area contributed by atoms with Gasteiger partial charge in [0.2, 0.25) is 0 Å². The van der Waals surface area contributed by atoms with Gasteiger partial charge in [0.1, 0.15) is 21.2 Å². The second-order valence-electron chi connectivity index (χ2n) is 3.64. The smallest absolute Gasteiger partial charge is 0.130 e.